The van der Waals surface area contributed by atoms with E-state index in [1.807, 2.05) is 13.8 Å². The van der Waals surface area contributed by atoms with Crippen LogP contribution >= 0.6 is 11.6 Å². The van der Waals surface area contributed by atoms with Crippen molar-refractivity contribution < 1.29 is 14.3 Å². The van der Waals surface area contributed by atoms with Crippen molar-refractivity contribution in [2.45, 2.75) is 39.3 Å². The van der Waals surface area contributed by atoms with Gasteiger partial charge in [-0.3, -0.25) is 9.59 Å². The summed E-state index contributed by atoms with van der Waals surface area (Å²) in [6.45, 7) is 5.56. The first kappa shape index (κ1) is 19.8. The molecule has 0 fully saturated rings. The first-order chi connectivity index (χ1) is 12.4. The molecule has 2 aromatic carbocycles. The van der Waals surface area contributed by atoms with E-state index in [4.69, 9.17) is 16.3 Å². The topological polar surface area (TPSA) is 67.4 Å². The van der Waals surface area contributed by atoms with Gasteiger partial charge in [0, 0.05) is 11.1 Å². The molecule has 0 unspecified atom stereocenters. The fourth-order valence-corrected chi connectivity index (χ4v) is 2.41. The number of carbonyl (C=O) groups excluding carboxylic acids is 2. The molecule has 2 amide bonds. The minimum atomic E-state index is -0.751. The number of halogens is 1. The molecule has 2 atom stereocenters. The molecule has 2 aromatic rings. The van der Waals surface area contributed by atoms with E-state index in [0.29, 0.717) is 22.0 Å². The van der Waals surface area contributed by atoms with E-state index in [-0.39, 0.29) is 17.9 Å². The molecule has 0 aliphatic carbocycles. The number of ether oxygens (including phenoxy) is 1. The summed E-state index contributed by atoms with van der Waals surface area (Å²) >= 11 is 5.92. The summed E-state index contributed by atoms with van der Waals surface area (Å²) in [5.41, 5.74) is 0.857. The van der Waals surface area contributed by atoms with Gasteiger partial charge in [0.05, 0.1) is 11.3 Å². The molecule has 0 saturated carbocycles. The third-order valence-corrected chi connectivity index (χ3v) is 4.13. The lowest BCUT2D eigenvalue weighted by atomic mass is 10.1. The van der Waals surface area contributed by atoms with Crippen LogP contribution in [0.3, 0.4) is 0 Å². The lowest BCUT2D eigenvalue weighted by molar-refractivity contribution is -0.122. The monoisotopic (exact) mass is 374 g/mol. The Kier molecular flexibility index (Phi) is 7.04. The van der Waals surface area contributed by atoms with E-state index < -0.39 is 6.10 Å². The van der Waals surface area contributed by atoms with Gasteiger partial charge in [-0.2, -0.15) is 0 Å². The van der Waals surface area contributed by atoms with Crippen molar-refractivity contribution >= 4 is 29.1 Å². The molecule has 5 nitrogen and oxygen atoms in total. The highest BCUT2D eigenvalue weighted by molar-refractivity contribution is 6.30. The Hall–Kier alpha value is -2.53. The SMILES string of the molecule is CC[C@H](C)NC(=O)c1ccccc1NC(=O)[C@H](C)Oc1cccc(Cl)c1. The third kappa shape index (κ3) is 5.49. The lowest BCUT2D eigenvalue weighted by Crippen LogP contribution is -2.34. The summed E-state index contributed by atoms with van der Waals surface area (Å²) < 4.78 is 5.61. The summed E-state index contributed by atoms with van der Waals surface area (Å²) in [6, 6.07) is 13.8. The summed E-state index contributed by atoms with van der Waals surface area (Å²) in [4.78, 5) is 24.9. The number of anilines is 1. The standard InChI is InChI=1S/C20H23ClN2O3/c1-4-13(2)22-20(25)17-10-5-6-11-18(17)23-19(24)14(3)26-16-9-7-8-15(21)12-16/h5-14H,4H2,1-3H3,(H,22,25)(H,23,24)/t13-,14-/m0/s1. The average Bonchev–Trinajstić information content (AvgIpc) is 2.61. The zero-order chi connectivity index (χ0) is 19.1. The summed E-state index contributed by atoms with van der Waals surface area (Å²) in [6.07, 6.45) is 0.0734. The summed E-state index contributed by atoms with van der Waals surface area (Å²) in [5, 5.41) is 6.19. The Morgan fingerprint density at radius 3 is 2.54 bits per heavy atom. The first-order valence-electron chi connectivity index (χ1n) is 8.53. The van der Waals surface area contributed by atoms with Crippen LogP contribution in [0.1, 0.15) is 37.6 Å². The maximum Gasteiger partial charge on any atom is 0.265 e. The van der Waals surface area contributed by atoms with Crippen LogP contribution in [-0.2, 0) is 4.79 Å². The van der Waals surface area contributed by atoms with Gasteiger partial charge in [0.1, 0.15) is 5.75 Å². The largest absolute Gasteiger partial charge is 0.481 e. The number of hydrogen-bond acceptors (Lipinski definition) is 3. The van der Waals surface area contributed by atoms with E-state index in [9.17, 15) is 9.59 Å². The molecular formula is C20H23ClN2O3. The first-order valence-corrected chi connectivity index (χ1v) is 8.91. The minimum Gasteiger partial charge on any atom is -0.481 e. The van der Waals surface area contributed by atoms with E-state index in [2.05, 4.69) is 10.6 Å². The highest BCUT2D eigenvalue weighted by Crippen LogP contribution is 2.20. The molecule has 0 heterocycles. The molecule has 2 rings (SSSR count). The Morgan fingerprint density at radius 2 is 1.85 bits per heavy atom. The summed E-state index contributed by atoms with van der Waals surface area (Å²) in [7, 11) is 0. The van der Waals surface area contributed by atoms with Crippen LogP contribution in [-0.4, -0.2) is 24.0 Å². The number of para-hydroxylation sites is 1. The van der Waals surface area contributed by atoms with Crippen molar-refractivity contribution in [2.24, 2.45) is 0 Å². The predicted octanol–water partition coefficient (Wildman–Crippen LogP) is 4.27. The fraction of sp³-hybridized carbons (Fsp3) is 0.300. The quantitative estimate of drug-likeness (QED) is 0.760. The van der Waals surface area contributed by atoms with Gasteiger partial charge in [0.25, 0.3) is 11.8 Å². The molecule has 26 heavy (non-hydrogen) atoms. The molecule has 0 aromatic heterocycles. The van der Waals surface area contributed by atoms with Crippen molar-refractivity contribution in [3.63, 3.8) is 0 Å². The Balaban J connectivity index is 2.07. The van der Waals surface area contributed by atoms with Crippen molar-refractivity contribution in [1.29, 1.82) is 0 Å². The van der Waals surface area contributed by atoms with E-state index in [0.717, 1.165) is 6.42 Å². The van der Waals surface area contributed by atoms with Gasteiger partial charge in [-0.15, -0.1) is 0 Å². The fourth-order valence-electron chi connectivity index (χ4n) is 2.23. The number of carbonyl (C=O) groups is 2. The van der Waals surface area contributed by atoms with Gasteiger partial charge in [-0.1, -0.05) is 36.7 Å². The highest BCUT2D eigenvalue weighted by atomic mass is 35.5. The summed E-state index contributed by atoms with van der Waals surface area (Å²) in [5.74, 6) is -0.0737. The van der Waals surface area contributed by atoms with Crippen LogP contribution < -0.4 is 15.4 Å². The molecule has 0 aliphatic rings. The molecule has 0 aliphatic heterocycles. The van der Waals surface area contributed by atoms with Gasteiger partial charge in [-0.05, 0) is 50.6 Å². The lowest BCUT2D eigenvalue weighted by Gasteiger charge is -2.17. The maximum atomic E-state index is 12.5. The highest BCUT2D eigenvalue weighted by Gasteiger charge is 2.19. The van der Waals surface area contributed by atoms with Crippen LogP contribution in [0.25, 0.3) is 0 Å². The van der Waals surface area contributed by atoms with E-state index in [1.54, 1.807) is 55.5 Å². The van der Waals surface area contributed by atoms with Crippen molar-refractivity contribution in [1.82, 2.24) is 5.32 Å². The third-order valence-electron chi connectivity index (χ3n) is 3.90. The van der Waals surface area contributed by atoms with Gasteiger partial charge in [0.15, 0.2) is 6.10 Å². The smallest absolute Gasteiger partial charge is 0.265 e. The second-order valence-corrected chi connectivity index (χ2v) is 6.47. The molecule has 0 bridgehead atoms. The number of amides is 2. The molecule has 0 radical (unpaired) electrons. The van der Waals surface area contributed by atoms with Gasteiger partial charge in [0.2, 0.25) is 0 Å². The molecule has 0 spiro atoms. The molecule has 0 saturated heterocycles. The van der Waals surface area contributed by atoms with Crippen LogP contribution in [0.15, 0.2) is 48.5 Å². The van der Waals surface area contributed by atoms with Gasteiger partial charge >= 0.3 is 0 Å². The van der Waals surface area contributed by atoms with E-state index >= 15 is 0 Å². The number of benzene rings is 2. The normalized spacial score (nSPS) is 12.8. The molecule has 138 valence electrons. The van der Waals surface area contributed by atoms with Crippen LogP contribution in [0.4, 0.5) is 5.69 Å². The number of rotatable bonds is 7. The Morgan fingerprint density at radius 1 is 1.12 bits per heavy atom. The predicted molar refractivity (Wildman–Crippen MR) is 104 cm³/mol. The Bertz CT molecular complexity index is 779. The van der Waals surface area contributed by atoms with Crippen LogP contribution in [0.5, 0.6) is 5.75 Å². The van der Waals surface area contributed by atoms with Crippen LogP contribution in [0, 0.1) is 0 Å². The average molecular weight is 375 g/mol. The van der Waals surface area contributed by atoms with Crippen molar-refractivity contribution in [2.75, 3.05) is 5.32 Å². The second kappa shape index (κ2) is 9.25. The van der Waals surface area contributed by atoms with E-state index in [1.165, 1.54) is 0 Å². The number of hydrogen-bond donors (Lipinski definition) is 2. The molecular weight excluding hydrogens is 352 g/mol. The number of nitrogens with one attached hydrogen (secondary N) is 2. The molecule has 6 heteroatoms. The van der Waals surface area contributed by atoms with Gasteiger partial charge < -0.3 is 15.4 Å². The van der Waals surface area contributed by atoms with Gasteiger partial charge in [-0.25, -0.2) is 0 Å². The zero-order valence-electron chi connectivity index (χ0n) is 15.1. The maximum absolute atomic E-state index is 12.5. The second-order valence-electron chi connectivity index (χ2n) is 6.04. The van der Waals surface area contributed by atoms with Crippen LogP contribution in [0.2, 0.25) is 5.02 Å². The molecule has 2 N–H and O–H groups in total. The minimum absolute atomic E-state index is 0.0522. The van der Waals surface area contributed by atoms with Crippen molar-refractivity contribution in [3.05, 3.63) is 59.1 Å². The Labute approximate surface area is 158 Å². The zero-order valence-corrected chi connectivity index (χ0v) is 15.8. The van der Waals surface area contributed by atoms with Crippen molar-refractivity contribution in [3.8, 4) is 5.75 Å².